The number of ether oxygens (including phenoxy) is 3. The highest BCUT2D eigenvalue weighted by molar-refractivity contribution is 8.47. The molecule has 224 valence electrons. The molecule has 0 saturated carbocycles. The summed E-state index contributed by atoms with van der Waals surface area (Å²) in [6.07, 6.45) is 11.8. The molecule has 0 amide bonds. The zero-order chi connectivity index (χ0) is 30.3. The zero-order valence-corrected chi connectivity index (χ0v) is 25.9. The van der Waals surface area contributed by atoms with E-state index in [2.05, 4.69) is 45.3 Å². The molecule has 3 N–H and O–H groups in total. The number of hydrogen-bond acceptors (Lipinski definition) is 7. The van der Waals surface area contributed by atoms with E-state index in [1.165, 1.54) is 18.5 Å². The van der Waals surface area contributed by atoms with Gasteiger partial charge in [-0.15, -0.1) is 0 Å². The van der Waals surface area contributed by atoms with E-state index in [4.69, 9.17) is 19.6 Å². The number of halogens is 1. The number of aliphatic carboxylic acids is 1. The lowest BCUT2D eigenvalue weighted by atomic mass is 9.95. The highest BCUT2D eigenvalue weighted by Gasteiger charge is 2.28. The summed E-state index contributed by atoms with van der Waals surface area (Å²) in [5.41, 5.74) is 0.511. The predicted molar refractivity (Wildman–Crippen MR) is 161 cm³/mol. The van der Waals surface area contributed by atoms with Crippen molar-refractivity contribution in [2.24, 2.45) is 10.4 Å². The van der Waals surface area contributed by atoms with Crippen molar-refractivity contribution in [1.29, 1.82) is 5.41 Å². The fraction of sp³-hybridized carbons (Fsp3) is 0.536. The minimum absolute atomic E-state index is 0.0467. The van der Waals surface area contributed by atoms with Crippen LogP contribution >= 0.6 is 9.16 Å². The Hall–Kier alpha value is -3.25. The number of nitrogens with one attached hydrogen (secondary N) is 2. The van der Waals surface area contributed by atoms with E-state index in [0.717, 1.165) is 11.3 Å². The van der Waals surface area contributed by atoms with Crippen molar-refractivity contribution in [3.63, 3.8) is 0 Å². The summed E-state index contributed by atoms with van der Waals surface area (Å²) in [4.78, 5) is 23.8. The minimum Gasteiger partial charge on any atom is -0.481 e. The van der Waals surface area contributed by atoms with Crippen molar-refractivity contribution in [3.05, 3.63) is 41.6 Å². The highest BCUT2D eigenvalue weighted by Crippen LogP contribution is 2.54. The Morgan fingerprint density at radius 1 is 1.20 bits per heavy atom. The van der Waals surface area contributed by atoms with Crippen LogP contribution in [0.2, 0.25) is 0 Å². The van der Waals surface area contributed by atoms with E-state index >= 15 is 4.39 Å². The number of amidine groups is 2. The number of aliphatic imine (C=N–C) groups is 1. The van der Waals surface area contributed by atoms with Gasteiger partial charge in [0, 0.05) is 29.6 Å². The number of rotatable bonds is 12. The molecule has 0 atom stereocenters. The number of pyridine rings is 2. The highest BCUT2D eigenvalue weighted by atomic mass is 32.3. The van der Waals surface area contributed by atoms with Gasteiger partial charge in [0.25, 0.3) is 6.02 Å². The van der Waals surface area contributed by atoms with Crippen molar-refractivity contribution < 1.29 is 28.5 Å². The minimum atomic E-state index is -1.68. The predicted octanol–water partition coefficient (Wildman–Crippen LogP) is 4.34. The Labute approximate surface area is 236 Å². The standard InChI is InChI=1S/C28H44FN5O5S/c1-18(2)39-27(33-17-37-10-11-40(6,7,8)9)34-25(30)24-22(29)13-20(14-32-24)21-15-31-23(12-19(21)3)38-16-28(4,5)26(35)36/h12-15,18,40H,10-11,16-17H2,1-9H3,(H,35,36)(H2,30,33,34). The smallest absolute Gasteiger partial charge is 0.312 e. The molecule has 0 radical (unpaired) electrons. The Bertz CT molecular complexity index is 1250. The molecule has 0 fully saturated rings. The van der Waals surface area contributed by atoms with Crippen LogP contribution in [0.15, 0.2) is 29.5 Å². The van der Waals surface area contributed by atoms with Gasteiger partial charge >= 0.3 is 5.97 Å². The van der Waals surface area contributed by atoms with Crippen molar-refractivity contribution >= 4 is 27.0 Å². The quantitative estimate of drug-likeness (QED) is 0.0955. The summed E-state index contributed by atoms with van der Waals surface area (Å²) in [7, 11) is -1.68. The van der Waals surface area contributed by atoms with Gasteiger partial charge in [-0.25, -0.2) is 14.4 Å². The van der Waals surface area contributed by atoms with Crippen molar-refractivity contribution in [2.75, 3.05) is 50.7 Å². The number of nitrogens with zero attached hydrogens (tertiary/aromatic N) is 3. The monoisotopic (exact) mass is 581 g/mol. The molecule has 40 heavy (non-hydrogen) atoms. The number of aromatic nitrogens is 2. The molecule has 2 aromatic heterocycles. The van der Waals surface area contributed by atoms with Gasteiger partial charge in [0.15, 0.2) is 11.7 Å². The molecule has 10 nitrogen and oxygen atoms in total. The van der Waals surface area contributed by atoms with Gasteiger partial charge < -0.3 is 24.6 Å². The Morgan fingerprint density at radius 2 is 1.88 bits per heavy atom. The number of hydrogen-bond donors (Lipinski definition) is 4. The van der Waals surface area contributed by atoms with Crippen molar-refractivity contribution in [2.45, 2.75) is 40.7 Å². The molecule has 0 spiro atoms. The fourth-order valence-electron chi connectivity index (χ4n) is 3.09. The first-order valence-corrected chi connectivity index (χ1v) is 17.2. The second-order valence-electron chi connectivity index (χ2n) is 12.7. The van der Waals surface area contributed by atoms with Crippen LogP contribution in [-0.2, 0) is 14.3 Å². The molecule has 0 aliphatic heterocycles. The molecule has 0 aromatic carbocycles. The van der Waals surface area contributed by atoms with Crippen LogP contribution in [0.4, 0.5) is 4.39 Å². The summed E-state index contributed by atoms with van der Waals surface area (Å²) in [6, 6.07) is 2.96. The third-order valence-electron chi connectivity index (χ3n) is 5.64. The summed E-state index contributed by atoms with van der Waals surface area (Å²) in [5, 5.41) is 20.5. The van der Waals surface area contributed by atoms with Gasteiger partial charge in [0.2, 0.25) is 5.88 Å². The maximum absolute atomic E-state index is 15.1. The van der Waals surface area contributed by atoms with Crippen molar-refractivity contribution in [1.82, 2.24) is 15.3 Å². The second-order valence-corrected chi connectivity index (χ2v) is 21.0. The first-order chi connectivity index (χ1) is 18.3. The van der Waals surface area contributed by atoms with Crippen LogP contribution in [0.25, 0.3) is 11.1 Å². The lowest BCUT2D eigenvalue weighted by molar-refractivity contribution is -0.148. The number of aryl methyl sites for hydroxylation is 1. The molecule has 0 bridgehead atoms. The SMILES string of the molecule is Cc1cc(OCC(C)(C)C(=O)O)ncc1-c1cnc(C(=N)/N=C(\NCOCC[SH](C)(C)(C)C)OC(C)C)c(F)c1. The van der Waals surface area contributed by atoms with Crippen LogP contribution in [0.5, 0.6) is 5.88 Å². The van der Waals surface area contributed by atoms with Crippen LogP contribution in [0, 0.1) is 23.6 Å². The second kappa shape index (κ2) is 12.9. The summed E-state index contributed by atoms with van der Waals surface area (Å²) in [5.74, 6) is -0.870. The third-order valence-corrected chi connectivity index (χ3v) is 7.61. The largest absolute Gasteiger partial charge is 0.481 e. The van der Waals surface area contributed by atoms with Crippen LogP contribution in [-0.4, -0.2) is 89.7 Å². The normalized spacial score (nSPS) is 13.5. The average Bonchev–Trinajstić information content (AvgIpc) is 2.80. The lowest BCUT2D eigenvalue weighted by Gasteiger charge is -2.46. The number of carboxylic acids is 1. The third kappa shape index (κ3) is 10.7. The van der Waals surface area contributed by atoms with Crippen LogP contribution in [0.3, 0.4) is 0 Å². The van der Waals surface area contributed by atoms with E-state index < -0.39 is 32.2 Å². The molecule has 12 heteroatoms. The van der Waals surface area contributed by atoms with Gasteiger partial charge in [-0.2, -0.15) is 4.99 Å². The van der Waals surface area contributed by atoms with Gasteiger partial charge in [-0.05, 0) is 77.0 Å². The number of carbonyl (C=O) groups is 1. The number of carboxylic acid groups (broad SMARTS) is 1. The lowest BCUT2D eigenvalue weighted by Crippen LogP contribution is -2.32. The van der Waals surface area contributed by atoms with E-state index in [-0.39, 0.29) is 37.0 Å². The maximum Gasteiger partial charge on any atom is 0.312 e. The van der Waals surface area contributed by atoms with E-state index in [1.807, 2.05) is 13.8 Å². The molecular weight excluding hydrogens is 537 g/mol. The summed E-state index contributed by atoms with van der Waals surface area (Å²) in [6.45, 7) is 9.23. The first-order valence-electron chi connectivity index (χ1n) is 13.0. The maximum atomic E-state index is 15.1. The Morgan fingerprint density at radius 3 is 2.42 bits per heavy atom. The van der Waals surface area contributed by atoms with Gasteiger partial charge in [-0.3, -0.25) is 19.4 Å². The average molecular weight is 582 g/mol. The molecule has 0 saturated heterocycles. The van der Waals surface area contributed by atoms with E-state index in [0.29, 0.717) is 17.7 Å². The molecular formula is C28H44FN5O5S. The van der Waals surface area contributed by atoms with E-state index in [9.17, 15) is 9.90 Å². The molecule has 2 aromatic rings. The molecule has 0 aliphatic rings. The van der Waals surface area contributed by atoms with Gasteiger partial charge in [-0.1, -0.05) is 0 Å². The van der Waals surface area contributed by atoms with Crippen molar-refractivity contribution in [3.8, 4) is 17.0 Å². The summed E-state index contributed by atoms with van der Waals surface area (Å²) < 4.78 is 32.0. The fourth-order valence-corrected chi connectivity index (χ4v) is 3.95. The van der Waals surface area contributed by atoms with Crippen LogP contribution < -0.4 is 10.1 Å². The van der Waals surface area contributed by atoms with Crippen LogP contribution in [0.1, 0.15) is 39.0 Å². The van der Waals surface area contributed by atoms with E-state index in [1.54, 1.807) is 26.8 Å². The topological polar surface area (TPSA) is 139 Å². The number of thiol groups is 1. The Kier molecular flexibility index (Phi) is 10.7. The molecule has 0 aliphatic carbocycles. The molecule has 2 heterocycles. The molecule has 0 unspecified atom stereocenters. The van der Waals surface area contributed by atoms with Gasteiger partial charge in [0.05, 0.1) is 18.1 Å². The zero-order valence-electron chi connectivity index (χ0n) is 25.0. The first kappa shape index (κ1) is 33.0. The molecule has 2 rings (SSSR count). The summed E-state index contributed by atoms with van der Waals surface area (Å²) >= 11 is 0. The Balaban J connectivity index is 2.13. The van der Waals surface area contributed by atoms with Gasteiger partial charge in [0.1, 0.15) is 19.0 Å².